The zero-order chi connectivity index (χ0) is 18.5. The number of rotatable bonds is 16. The minimum Gasteiger partial charge on any atom is -0.668 e. The molecule has 0 atom stereocenters. The summed E-state index contributed by atoms with van der Waals surface area (Å²) in [7, 11) is 3.23. The summed E-state index contributed by atoms with van der Waals surface area (Å²) >= 11 is 0. The van der Waals surface area contributed by atoms with Crippen LogP contribution < -0.4 is 51.4 Å². The second-order valence-electron chi connectivity index (χ2n) is 7.18. The van der Waals surface area contributed by atoms with Gasteiger partial charge < -0.3 is 22.7 Å². The van der Waals surface area contributed by atoms with E-state index in [0.717, 1.165) is 19.4 Å². The van der Waals surface area contributed by atoms with Crippen molar-refractivity contribution in [3.63, 3.8) is 0 Å². The molecule has 0 aliphatic carbocycles. The largest absolute Gasteiger partial charge is 1.00 e. The van der Waals surface area contributed by atoms with E-state index in [1.54, 1.807) is 0 Å². The van der Waals surface area contributed by atoms with E-state index in [-0.39, 0.29) is 58.8 Å². The molecule has 0 unspecified atom stereocenters. The van der Waals surface area contributed by atoms with Crippen molar-refractivity contribution in [2.75, 3.05) is 6.61 Å². The van der Waals surface area contributed by atoms with Gasteiger partial charge in [-0.05, 0) is 18.8 Å². The molecular weight excluding hydrogens is 349 g/mol. The van der Waals surface area contributed by atoms with Crippen molar-refractivity contribution in [1.82, 2.24) is 0 Å². The van der Waals surface area contributed by atoms with Crippen molar-refractivity contribution in [2.24, 2.45) is 5.92 Å². The van der Waals surface area contributed by atoms with E-state index in [4.69, 9.17) is 5.73 Å². The van der Waals surface area contributed by atoms with Gasteiger partial charge in [0.25, 0.3) is 0 Å². The maximum Gasteiger partial charge on any atom is 1.00 e. The molecule has 0 bridgehead atoms. The second kappa shape index (κ2) is 30.8. The minimum absolute atomic E-state index is 0. The van der Waals surface area contributed by atoms with Crippen molar-refractivity contribution in [3.8, 4) is 0 Å². The summed E-state index contributed by atoms with van der Waals surface area (Å²) in [6.07, 6.45) is 17.6. The molecule has 0 fully saturated rings. The quantitative estimate of drug-likeness (QED) is 0.211. The van der Waals surface area contributed by atoms with Crippen LogP contribution in [0.25, 0.3) is 5.73 Å². The van der Waals surface area contributed by atoms with Gasteiger partial charge in [0.05, 0.1) is 0 Å². The maximum atomic E-state index is 10.4. The van der Waals surface area contributed by atoms with Crippen LogP contribution in [0.5, 0.6) is 0 Å². The Morgan fingerprint density at radius 2 is 1.19 bits per heavy atom. The Balaban J connectivity index is -0.000000261. The first-order chi connectivity index (χ1) is 11.5. The maximum absolute atomic E-state index is 10.4. The van der Waals surface area contributed by atoms with Crippen LogP contribution in [-0.2, 0) is 9.53 Å². The first kappa shape index (κ1) is 34.6. The van der Waals surface area contributed by atoms with Gasteiger partial charge in [-0.1, -0.05) is 97.8 Å². The number of ether oxygens (including phenoxy) is 1. The number of carbonyl (C=O) groups is 1. The van der Waals surface area contributed by atoms with E-state index >= 15 is 0 Å². The van der Waals surface area contributed by atoms with Crippen LogP contribution in [0.4, 0.5) is 0 Å². The van der Waals surface area contributed by atoms with E-state index in [9.17, 15) is 4.79 Å². The van der Waals surface area contributed by atoms with Crippen LogP contribution in [0, 0.1) is 20.5 Å². The third-order valence-corrected chi connectivity index (χ3v) is 3.96. The molecule has 0 heterocycles. The van der Waals surface area contributed by atoms with Crippen molar-refractivity contribution in [3.05, 3.63) is 20.3 Å². The summed E-state index contributed by atoms with van der Waals surface area (Å²) in [6, 6.07) is 0. The van der Waals surface area contributed by atoms with Gasteiger partial charge in [-0.2, -0.15) is 0 Å². The summed E-state index contributed by atoms with van der Waals surface area (Å²) in [4.78, 5) is 10.4. The number of hydrogen-bond acceptors (Lipinski definition) is 2. The summed E-state index contributed by atoms with van der Waals surface area (Å²) in [6.45, 7) is 7.20. The van der Waals surface area contributed by atoms with Crippen LogP contribution in [0.2, 0.25) is 0 Å². The van der Waals surface area contributed by atoms with Crippen molar-refractivity contribution >= 4 is 5.91 Å². The molecule has 0 aromatic carbocycles. The predicted octanol–water partition coefficient (Wildman–Crippen LogP) is 4.95. The van der Waals surface area contributed by atoms with Gasteiger partial charge in [0.1, 0.15) is 0 Å². The predicted molar refractivity (Wildman–Crippen MR) is 112 cm³/mol. The molecule has 1 amide bonds. The number of nitrogens with one attached hydrogen (secondary N) is 1. The molecular formula is C22H46KNO2-2. The van der Waals surface area contributed by atoms with Gasteiger partial charge in [-0.15, -0.1) is 0 Å². The Morgan fingerprint density at radius 1 is 0.846 bits per heavy atom. The number of unbranched alkanes of at least 4 members (excludes halogenated alkanes) is 12. The Kier molecular flexibility index (Phi) is 40.9. The molecule has 0 spiro atoms. The molecule has 1 N–H and O–H groups in total. The third kappa shape index (κ3) is 39.9. The van der Waals surface area contributed by atoms with Gasteiger partial charge in [-0.25, -0.2) is 7.11 Å². The third-order valence-electron chi connectivity index (χ3n) is 3.96. The molecule has 0 radical (unpaired) electrons. The smallest absolute Gasteiger partial charge is 0.668 e. The van der Waals surface area contributed by atoms with Crippen molar-refractivity contribution < 1.29 is 60.9 Å². The monoisotopic (exact) mass is 395 g/mol. The topological polar surface area (TPSA) is 50.1 Å². The van der Waals surface area contributed by atoms with Crippen LogP contribution in [-0.4, -0.2) is 12.5 Å². The molecule has 26 heavy (non-hydrogen) atoms. The molecule has 0 aromatic rings. The Bertz CT molecular complexity index is 248. The summed E-state index contributed by atoms with van der Waals surface area (Å²) in [5.41, 5.74) is 6.79. The SMILES string of the molecule is CCCCCCCCCCCCCCCC([NH-])=O.[CH2-]OCC(C)C.[CH3-].[K+]. The molecule has 0 saturated carbocycles. The van der Waals surface area contributed by atoms with Gasteiger partial charge in [-0.3, -0.25) is 0 Å². The summed E-state index contributed by atoms with van der Waals surface area (Å²) in [5.74, 6) is 0.209. The molecule has 0 aliphatic rings. The first-order valence-corrected chi connectivity index (χ1v) is 10.2. The zero-order valence-corrected chi connectivity index (χ0v) is 21.8. The first-order valence-electron chi connectivity index (χ1n) is 10.2. The molecule has 0 saturated heterocycles. The van der Waals surface area contributed by atoms with Gasteiger partial charge in [0.15, 0.2) is 0 Å². The zero-order valence-electron chi connectivity index (χ0n) is 18.7. The van der Waals surface area contributed by atoms with Gasteiger partial charge in [0.2, 0.25) is 0 Å². The van der Waals surface area contributed by atoms with Gasteiger partial charge >= 0.3 is 51.4 Å². The Hall–Kier alpha value is 1.07. The van der Waals surface area contributed by atoms with E-state index in [1.165, 1.54) is 70.6 Å². The van der Waals surface area contributed by atoms with Crippen LogP contribution >= 0.6 is 0 Å². The average molecular weight is 396 g/mol. The second-order valence-corrected chi connectivity index (χ2v) is 7.18. The fraction of sp³-hybridized carbons (Fsp3) is 0.864. The average Bonchev–Trinajstić information content (AvgIpc) is 2.52. The standard InChI is InChI=1S/C16H33NO.C5H11O.CH3.K/c1-2-3-4-5-6-7-8-9-10-11-12-13-14-15-16(17)18;1-5(2)4-6-3;;/h2-15H2,1H3,(H2,17,18);5H,3-4H2,1-2H3;1H3;/q;2*-1;+1/p-1. The number of amides is 1. The fourth-order valence-electron chi connectivity index (χ4n) is 2.54. The molecule has 0 aromatic heterocycles. The Labute approximate surface area is 208 Å². The Morgan fingerprint density at radius 3 is 1.42 bits per heavy atom. The molecule has 154 valence electrons. The summed E-state index contributed by atoms with van der Waals surface area (Å²) < 4.78 is 4.55. The van der Waals surface area contributed by atoms with Crippen LogP contribution in [0.3, 0.4) is 0 Å². The van der Waals surface area contributed by atoms with Crippen molar-refractivity contribution in [1.29, 1.82) is 0 Å². The molecule has 4 heteroatoms. The molecule has 3 nitrogen and oxygen atoms in total. The molecule has 0 rings (SSSR count). The van der Waals surface area contributed by atoms with Crippen LogP contribution in [0.1, 0.15) is 111 Å². The van der Waals surface area contributed by atoms with E-state index in [1.807, 2.05) is 0 Å². The number of carbonyl (C=O) groups excluding carboxylic acids is 1. The number of hydrogen-bond donors (Lipinski definition) is 0. The molecule has 0 aliphatic heterocycles. The van der Waals surface area contributed by atoms with E-state index < -0.39 is 5.91 Å². The van der Waals surface area contributed by atoms with Gasteiger partial charge in [0, 0.05) is 12.5 Å². The van der Waals surface area contributed by atoms with Crippen molar-refractivity contribution in [2.45, 2.75) is 111 Å². The minimum atomic E-state index is -0.405. The van der Waals surface area contributed by atoms with E-state index in [0.29, 0.717) is 12.3 Å². The normalized spacial score (nSPS) is 9.73. The summed E-state index contributed by atoms with van der Waals surface area (Å²) in [5, 5.41) is 0. The fourth-order valence-corrected chi connectivity index (χ4v) is 2.54. The van der Waals surface area contributed by atoms with Crippen LogP contribution in [0.15, 0.2) is 0 Å². The van der Waals surface area contributed by atoms with E-state index in [2.05, 4.69) is 32.6 Å².